The lowest BCUT2D eigenvalue weighted by Gasteiger charge is -2.35. The minimum atomic E-state index is 0.0307. The molecular formula is C28H24BrN5O2. The molecule has 3 aliphatic rings. The Bertz CT molecular complexity index is 1510. The second-order valence-corrected chi connectivity index (χ2v) is 10.1. The Morgan fingerprint density at radius 2 is 1.83 bits per heavy atom. The van der Waals surface area contributed by atoms with E-state index in [1.807, 2.05) is 59.9 Å². The zero-order chi connectivity index (χ0) is 24.6. The average Bonchev–Trinajstić information content (AvgIpc) is 3.34. The molecular weight excluding hydrogens is 518 g/mol. The van der Waals surface area contributed by atoms with Gasteiger partial charge in [0.2, 0.25) is 0 Å². The normalized spacial score (nSPS) is 16.3. The molecule has 1 aromatic heterocycles. The maximum Gasteiger partial charge on any atom is 0.254 e. The van der Waals surface area contributed by atoms with Crippen LogP contribution < -0.4 is 4.74 Å². The molecule has 0 aliphatic carbocycles. The Morgan fingerprint density at radius 1 is 0.972 bits per heavy atom. The molecule has 0 N–H and O–H groups in total. The lowest BCUT2D eigenvalue weighted by molar-refractivity contribution is 0.0640. The molecule has 4 aromatic rings. The maximum absolute atomic E-state index is 13.6. The molecule has 4 heterocycles. The quantitative estimate of drug-likeness (QED) is 0.319. The number of amides is 1. The zero-order valence-electron chi connectivity index (χ0n) is 19.7. The van der Waals surface area contributed by atoms with Gasteiger partial charge in [-0.2, -0.15) is 5.26 Å². The van der Waals surface area contributed by atoms with E-state index in [1.165, 1.54) is 0 Å². The molecule has 0 radical (unpaired) electrons. The molecule has 3 aliphatic heterocycles. The van der Waals surface area contributed by atoms with Crippen molar-refractivity contribution >= 4 is 32.6 Å². The summed E-state index contributed by atoms with van der Waals surface area (Å²) in [5.41, 5.74) is 3.30. The number of aromatic nitrogens is 2. The van der Waals surface area contributed by atoms with Crippen LogP contribution in [0, 0.1) is 11.3 Å². The van der Waals surface area contributed by atoms with Crippen molar-refractivity contribution < 1.29 is 9.53 Å². The Kier molecular flexibility index (Phi) is 5.96. The Hall–Kier alpha value is -3.67. The average molecular weight is 542 g/mol. The van der Waals surface area contributed by atoms with Crippen LogP contribution in [0.15, 0.2) is 65.5 Å². The zero-order valence-corrected chi connectivity index (χ0v) is 21.2. The summed E-state index contributed by atoms with van der Waals surface area (Å²) in [6.45, 7) is 4.65. The fraction of sp³-hybridized carbons (Fsp3) is 0.250. The van der Waals surface area contributed by atoms with E-state index in [4.69, 9.17) is 4.74 Å². The van der Waals surface area contributed by atoms with Gasteiger partial charge in [0.25, 0.3) is 5.91 Å². The highest BCUT2D eigenvalue weighted by Crippen LogP contribution is 2.34. The molecule has 3 aromatic carbocycles. The molecule has 36 heavy (non-hydrogen) atoms. The molecule has 7 nitrogen and oxygen atoms in total. The number of imidazole rings is 1. The lowest BCUT2D eigenvalue weighted by Crippen LogP contribution is -2.49. The first-order chi connectivity index (χ1) is 17.6. The molecule has 6 bridgehead atoms. The van der Waals surface area contributed by atoms with Crippen LogP contribution >= 0.6 is 15.9 Å². The highest BCUT2D eigenvalue weighted by atomic mass is 79.9. The van der Waals surface area contributed by atoms with E-state index < -0.39 is 0 Å². The molecule has 0 atom stereocenters. The molecule has 0 saturated carbocycles. The summed E-state index contributed by atoms with van der Waals surface area (Å²) in [6.07, 6.45) is 4.65. The van der Waals surface area contributed by atoms with Crippen molar-refractivity contribution in [3.05, 3.63) is 87.9 Å². The van der Waals surface area contributed by atoms with Gasteiger partial charge in [-0.3, -0.25) is 9.69 Å². The van der Waals surface area contributed by atoms with Crippen LogP contribution in [0.4, 0.5) is 0 Å². The SMILES string of the molecule is N#Cc1ccc2cc1Oc1ccc3c(Br)ccc(c3c1)C(=O)N1CCN(CCc3cncn3C2)CC1. The fourth-order valence-electron chi connectivity index (χ4n) is 5.02. The number of nitrogens with zero attached hydrogens (tertiary/aromatic N) is 5. The standard InChI is InChI=1S/C28H24BrN5O2/c29-26-6-5-24-25-14-22(3-4-23(25)26)36-27-13-19(1-2-20(27)15-30)17-34-18-31-16-21(34)7-8-32-9-11-33(12-10-32)28(24)35/h1-6,13-14,16,18H,7-12,17H2. The third-order valence-electron chi connectivity index (χ3n) is 7.05. The lowest BCUT2D eigenvalue weighted by atomic mass is 10.0. The van der Waals surface area contributed by atoms with Crippen molar-refractivity contribution in [2.75, 3.05) is 32.7 Å². The number of carbonyl (C=O) groups excluding carboxylic acids is 1. The van der Waals surface area contributed by atoms with E-state index in [-0.39, 0.29) is 5.91 Å². The van der Waals surface area contributed by atoms with Crippen LogP contribution in [0.25, 0.3) is 10.8 Å². The molecule has 0 spiro atoms. The number of halogens is 1. The van der Waals surface area contributed by atoms with E-state index in [0.717, 1.165) is 52.6 Å². The fourth-order valence-corrected chi connectivity index (χ4v) is 5.50. The van der Waals surface area contributed by atoms with Gasteiger partial charge in [0.05, 0.1) is 11.9 Å². The molecule has 1 saturated heterocycles. The van der Waals surface area contributed by atoms with E-state index in [9.17, 15) is 10.1 Å². The monoisotopic (exact) mass is 541 g/mol. The van der Waals surface area contributed by atoms with Gasteiger partial charge in [0, 0.05) is 67.6 Å². The van der Waals surface area contributed by atoms with Crippen LogP contribution in [-0.4, -0.2) is 58.0 Å². The first-order valence-corrected chi connectivity index (χ1v) is 12.8. The van der Waals surface area contributed by atoms with Crippen LogP contribution in [0.1, 0.15) is 27.2 Å². The van der Waals surface area contributed by atoms with Crippen LogP contribution in [0.5, 0.6) is 11.5 Å². The summed E-state index contributed by atoms with van der Waals surface area (Å²) in [4.78, 5) is 22.3. The summed E-state index contributed by atoms with van der Waals surface area (Å²) in [5.74, 6) is 1.11. The van der Waals surface area contributed by atoms with E-state index >= 15 is 0 Å². The van der Waals surface area contributed by atoms with Gasteiger partial charge >= 0.3 is 0 Å². The van der Waals surface area contributed by atoms with E-state index in [1.54, 1.807) is 6.07 Å². The van der Waals surface area contributed by atoms with Crippen LogP contribution in [-0.2, 0) is 13.0 Å². The number of fused-ring (bicyclic) bond motifs is 3. The first kappa shape index (κ1) is 22.8. The van der Waals surface area contributed by atoms with Crippen LogP contribution in [0.2, 0.25) is 0 Å². The van der Waals surface area contributed by atoms with Gasteiger partial charge in [0.15, 0.2) is 0 Å². The maximum atomic E-state index is 13.6. The Morgan fingerprint density at radius 3 is 2.67 bits per heavy atom. The predicted molar refractivity (Wildman–Crippen MR) is 140 cm³/mol. The number of ether oxygens (including phenoxy) is 1. The number of hydrogen-bond donors (Lipinski definition) is 0. The Labute approximate surface area is 217 Å². The topological polar surface area (TPSA) is 74.4 Å². The van der Waals surface area contributed by atoms with Gasteiger partial charge < -0.3 is 14.2 Å². The third-order valence-corrected chi connectivity index (χ3v) is 7.75. The molecule has 180 valence electrons. The van der Waals surface area contributed by atoms with Gasteiger partial charge in [-0.05, 0) is 58.8 Å². The number of benzene rings is 3. The van der Waals surface area contributed by atoms with Crippen molar-refractivity contribution in [2.24, 2.45) is 0 Å². The van der Waals surface area contributed by atoms with Gasteiger partial charge in [-0.25, -0.2) is 4.98 Å². The summed E-state index contributed by atoms with van der Waals surface area (Å²) in [7, 11) is 0. The smallest absolute Gasteiger partial charge is 0.254 e. The first-order valence-electron chi connectivity index (χ1n) is 12.0. The van der Waals surface area contributed by atoms with Gasteiger partial charge in [0.1, 0.15) is 17.6 Å². The minimum absolute atomic E-state index is 0.0307. The van der Waals surface area contributed by atoms with Crippen molar-refractivity contribution in [2.45, 2.75) is 13.0 Å². The number of hydrogen-bond acceptors (Lipinski definition) is 5. The highest BCUT2D eigenvalue weighted by molar-refractivity contribution is 9.10. The number of piperazine rings is 1. The van der Waals surface area contributed by atoms with Crippen LogP contribution in [0.3, 0.4) is 0 Å². The number of carbonyl (C=O) groups is 1. The molecule has 0 unspecified atom stereocenters. The van der Waals surface area contributed by atoms with Gasteiger partial charge in [-0.1, -0.05) is 22.0 Å². The van der Waals surface area contributed by atoms with Crippen molar-refractivity contribution in [3.8, 4) is 17.6 Å². The summed E-state index contributed by atoms with van der Waals surface area (Å²) in [6, 6.07) is 17.4. The van der Waals surface area contributed by atoms with E-state index in [0.29, 0.717) is 42.3 Å². The van der Waals surface area contributed by atoms with Gasteiger partial charge in [-0.15, -0.1) is 0 Å². The number of nitriles is 1. The summed E-state index contributed by atoms with van der Waals surface area (Å²) >= 11 is 3.63. The summed E-state index contributed by atoms with van der Waals surface area (Å²) in [5, 5.41) is 11.5. The Balaban J connectivity index is 1.47. The number of rotatable bonds is 0. The van der Waals surface area contributed by atoms with E-state index in [2.05, 4.69) is 36.5 Å². The van der Waals surface area contributed by atoms with Crippen molar-refractivity contribution in [1.82, 2.24) is 19.4 Å². The largest absolute Gasteiger partial charge is 0.456 e. The second-order valence-electron chi connectivity index (χ2n) is 9.24. The molecule has 1 fully saturated rings. The second kappa shape index (κ2) is 9.41. The minimum Gasteiger partial charge on any atom is -0.456 e. The predicted octanol–water partition coefficient (Wildman–Crippen LogP) is 4.82. The van der Waals surface area contributed by atoms with Crippen molar-refractivity contribution in [1.29, 1.82) is 5.26 Å². The molecule has 1 amide bonds. The summed E-state index contributed by atoms with van der Waals surface area (Å²) < 4.78 is 9.33. The molecule has 7 rings (SSSR count). The highest BCUT2D eigenvalue weighted by Gasteiger charge is 2.24. The molecule has 8 heteroatoms. The van der Waals surface area contributed by atoms with Crippen molar-refractivity contribution in [3.63, 3.8) is 0 Å². The third kappa shape index (κ3) is 4.25.